The van der Waals surface area contributed by atoms with Gasteiger partial charge in [-0.2, -0.15) is 0 Å². The molecule has 1 fully saturated rings. The van der Waals surface area contributed by atoms with Crippen LogP contribution in [0.2, 0.25) is 0 Å². The zero-order valence-electron chi connectivity index (χ0n) is 17.8. The highest BCUT2D eigenvalue weighted by molar-refractivity contribution is 7.89. The van der Waals surface area contributed by atoms with Crippen molar-refractivity contribution in [3.05, 3.63) is 59.7 Å². The Morgan fingerprint density at radius 1 is 1.03 bits per heavy atom. The molecular formula is C22H30N4O3S. The van der Waals surface area contributed by atoms with Crippen molar-refractivity contribution in [1.82, 2.24) is 14.1 Å². The fraction of sp³-hybridized carbons (Fsp3) is 0.409. The summed E-state index contributed by atoms with van der Waals surface area (Å²) >= 11 is 0. The largest absolute Gasteiger partial charge is 0.322 e. The summed E-state index contributed by atoms with van der Waals surface area (Å²) in [5.41, 5.74) is 2.33. The summed E-state index contributed by atoms with van der Waals surface area (Å²) in [7, 11) is 1.60. The number of sulfonamides is 1. The number of benzene rings is 2. The summed E-state index contributed by atoms with van der Waals surface area (Å²) in [6.07, 6.45) is 0.935. The fourth-order valence-electron chi connectivity index (χ4n) is 3.36. The van der Waals surface area contributed by atoms with Gasteiger partial charge in [0, 0.05) is 58.1 Å². The molecule has 0 radical (unpaired) electrons. The second-order valence-corrected chi connectivity index (χ2v) is 10.0. The van der Waals surface area contributed by atoms with E-state index in [0.717, 1.165) is 49.1 Å². The number of hydrogen-bond donors (Lipinski definition) is 1. The van der Waals surface area contributed by atoms with Gasteiger partial charge >= 0.3 is 0 Å². The van der Waals surface area contributed by atoms with Gasteiger partial charge in [-0.05, 0) is 55.4 Å². The Morgan fingerprint density at radius 3 is 2.33 bits per heavy atom. The van der Waals surface area contributed by atoms with Crippen molar-refractivity contribution in [2.45, 2.75) is 11.3 Å². The molecule has 3 rings (SSSR count). The quantitative estimate of drug-likeness (QED) is 0.727. The zero-order valence-corrected chi connectivity index (χ0v) is 18.7. The van der Waals surface area contributed by atoms with Gasteiger partial charge < -0.3 is 15.1 Å². The highest BCUT2D eigenvalue weighted by Crippen LogP contribution is 2.17. The molecule has 1 heterocycles. The van der Waals surface area contributed by atoms with Gasteiger partial charge in [-0.15, -0.1) is 0 Å². The lowest BCUT2D eigenvalue weighted by molar-refractivity contribution is 0.102. The number of piperazine rings is 1. The van der Waals surface area contributed by atoms with Crippen LogP contribution in [0.5, 0.6) is 0 Å². The number of likely N-dealkylation sites (N-methyl/N-ethyl adjacent to an activating group) is 1. The van der Waals surface area contributed by atoms with E-state index in [1.54, 1.807) is 0 Å². The number of carbonyl (C=O) groups excluding carboxylic acids is 1. The molecule has 0 atom stereocenters. The van der Waals surface area contributed by atoms with Gasteiger partial charge in [-0.1, -0.05) is 12.1 Å². The number of nitrogens with one attached hydrogen (secondary N) is 1. The Morgan fingerprint density at radius 2 is 1.70 bits per heavy atom. The van der Waals surface area contributed by atoms with E-state index in [0.29, 0.717) is 5.56 Å². The average molecular weight is 431 g/mol. The second-order valence-electron chi connectivity index (χ2n) is 7.86. The summed E-state index contributed by atoms with van der Waals surface area (Å²) in [5.74, 6) is -0.264. The molecule has 30 heavy (non-hydrogen) atoms. The van der Waals surface area contributed by atoms with Crippen LogP contribution in [0.1, 0.15) is 15.9 Å². The molecule has 0 saturated carbocycles. The number of anilines is 1. The van der Waals surface area contributed by atoms with Crippen LogP contribution in [-0.2, 0) is 16.4 Å². The van der Waals surface area contributed by atoms with Crippen molar-refractivity contribution < 1.29 is 13.2 Å². The summed E-state index contributed by atoms with van der Waals surface area (Å²) < 4.78 is 25.5. The van der Waals surface area contributed by atoms with Gasteiger partial charge in [0.25, 0.3) is 5.91 Å². The van der Waals surface area contributed by atoms with E-state index in [-0.39, 0.29) is 10.8 Å². The number of carbonyl (C=O) groups is 1. The van der Waals surface area contributed by atoms with Gasteiger partial charge in [-0.3, -0.25) is 4.79 Å². The molecule has 1 N–H and O–H groups in total. The monoisotopic (exact) mass is 430 g/mol. The average Bonchev–Trinajstić information content (AvgIpc) is 2.73. The van der Waals surface area contributed by atoms with E-state index in [1.807, 2.05) is 18.2 Å². The van der Waals surface area contributed by atoms with Crippen LogP contribution in [0.25, 0.3) is 0 Å². The summed E-state index contributed by atoms with van der Waals surface area (Å²) in [6.45, 7) is 5.39. The van der Waals surface area contributed by atoms with E-state index in [2.05, 4.69) is 28.2 Å². The molecule has 1 aliphatic rings. The lowest BCUT2D eigenvalue weighted by Gasteiger charge is -2.32. The van der Waals surface area contributed by atoms with Crippen molar-refractivity contribution in [1.29, 1.82) is 0 Å². The van der Waals surface area contributed by atoms with E-state index < -0.39 is 10.0 Å². The third kappa shape index (κ3) is 5.66. The number of amides is 1. The molecule has 7 nitrogen and oxygen atoms in total. The summed E-state index contributed by atoms with van der Waals surface area (Å²) in [4.78, 5) is 17.5. The first-order valence-corrected chi connectivity index (χ1v) is 11.5. The highest BCUT2D eigenvalue weighted by atomic mass is 32.2. The zero-order chi connectivity index (χ0) is 21.7. The molecule has 0 bridgehead atoms. The highest BCUT2D eigenvalue weighted by Gasteiger charge is 2.18. The normalized spacial score (nSPS) is 16.0. The Bertz CT molecular complexity index is 966. The first kappa shape index (κ1) is 22.4. The third-order valence-electron chi connectivity index (χ3n) is 5.39. The molecule has 1 aliphatic heterocycles. The minimum atomic E-state index is -3.51. The van der Waals surface area contributed by atoms with Crippen molar-refractivity contribution in [3.8, 4) is 0 Å². The van der Waals surface area contributed by atoms with Crippen LogP contribution in [0.15, 0.2) is 53.4 Å². The van der Waals surface area contributed by atoms with Crippen molar-refractivity contribution >= 4 is 21.6 Å². The molecule has 1 saturated heterocycles. The van der Waals surface area contributed by atoms with Gasteiger partial charge in [0.15, 0.2) is 0 Å². The molecular weight excluding hydrogens is 400 g/mol. The summed E-state index contributed by atoms with van der Waals surface area (Å²) in [5, 5.41) is 2.90. The molecule has 0 unspecified atom stereocenters. The van der Waals surface area contributed by atoms with Crippen LogP contribution in [0, 0.1) is 0 Å². The Labute approximate surface area is 179 Å². The van der Waals surface area contributed by atoms with E-state index in [9.17, 15) is 13.2 Å². The Kier molecular flexibility index (Phi) is 7.25. The SMILES string of the molecule is CN1CCN(CCc2cccc(NC(=O)c3ccc(S(=O)(=O)N(C)C)cc3)c2)CC1. The molecule has 0 spiro atoms. The number of hydrogen-bond acceptors (Lipinski definition) is 5. The van der Waals surface area contributed by atoms with E-state index in [1.165, 1.54) is 43.9 Å². The lowest BCUT2D eigenvalue weighted by atomic mass is 10.1. The lowest BCUT2D eigenvalue weighted by Crippen LogP contribution is -2.45. The van der Waals surface area contributed by atoms with Crippen molar-refractivity contribution in [2.75, 3.05) is 59.2 Å². The van der Waals surface area contributed by atoms with Gasteiger partial charge in [0.05, 0.1) is 4.90 Å². The molecule has 1 amide bonds. The first-order chi connectivity index (χ1) is 14.3. The van der Waals surface area contributed by atoms with Gasteiger partial charge in [0.2, 0.25) is 10.0 Å². The van der Waals surface area contributed by atoms with Crippen LogP contribution in [0.4, 0.5) is 5.69 Å². The maximum absolute atomic E-state index is 12.6. The van der Waals surface area contributed by atoms with Gasteiger partial charge in [0.1, 0.15) is 0 Å². The number of rotatable bonds is 7. The molecule has 2 aromatic rings. The third-order valence-corrected chi connectivity index (χ3v) is 7.22. The Balaban J connectivity index is 1.59. The predicted octanol–water partition coefficient (Wildman–Crippen LogP) is 1.98. The molecule has 162 valence electrons. The van der Waals surface area contributed by atoms with Crippen molar-refractivity contribution in [3.63, 3.8) is 0 Å². The van der Waals surface area contributed by atoms with Crippen LogP contribution < -0.4 is 5.32 Å². The van der Waals surface area contributed by atoms with Crippen LogP contribution in [-0.4, -0.2) is 82.3 Å². The molecule has 0 aromatic heterocycles. The summed E-state index contributed by atoms with van der Waals surface area (Å²) in [6, 6.07) is 13.9. The maximum Gasteiger partial charge on any atom is 0.255 e. The predicted molar refractivity (Wildman–Crippen MR) is 119 cm³/mol. The minimum Gasteiger partial charge on any atom is -0.322 e. The topological polar surface area (TPSA) is 73.0 Å². The van der Waals surface area contributed by atoms with Gasteiger partial charge in [-0.25, -0.2) is 12.7 Å². The fourth-order valence-corrected chi connectivity index (χ4v) is 4.26. The molecule has 0 aliphatic carbocycles. The number of nitrogens with zero attached hydrogens (tertiary/aromatic N) is 3. The van der Waals surface area contributed by atoms with Crippen LogP contribution >= 0.6 is 0 Å². The van der Waals surface area contributed by atoms with E-state index >= 15 is 0 Å². The minimum absolute atomic E-state index is 0.162. The Hall–Kier alpha value is -2.26. The maximum atomic E-state index is 12.6. The van der Waals surface area contributed by atoms with Crippen LogP contribution in [0.3, 0.4) is 0 Å². The van der Waals surface area contributed by atoms with E-state index in [4.69, 9.17) is 0 Å². The second kappa shape index (κ2) is 9.70. The van der Waals surface area contributed by atoms with Crippen molar-refractivity contribution in [2.24, 2.45) is 0 Å². The molecule has 8 heteroatoms. The first-order valence-electron chi connectivity index (χ1n) is 10.1. The molecule has 2 aromatic carbocycles. The standard InChI is InChI=1S/C22H30N4O3S/c1-24(2)30(28,29)21-9-7-19(8-10-21)22(27)23-20-6-4-5-18(17-20)11-12-26-15-13-25(3)14-16-26/h4-10,17H,11-16H2,1-3H3,(H,23,27). The smallest absolute Gasteiger partial charge is 0.255 e.